The van der Waals surface area contributed by atoms with E-state index in [1.807, 2.05) is 0 Å². The molecular formula is C14H24F6N4O2. The molecule has 154 valence electrons. The predicted octanol–water partition coefficient (Wildman–Crippen LogP) is 1.16. The van der Waals surface area contributed by atoms with Crippen LogP contribution < -0.4 is 16.4 Å². The van der Waals surface area contributed by atoms with Crippen molar-refractivity contribution in [3.63, 3.8) is 0 Å². The molecule has 0 unspecified atom stereocenters. The number of nitrogens with one attached hydrogen (secondary N) is 2. The molecule has 26 heavy (non-hydrogen) atoms. The minimum Gasteiger partial charge on any atom is -0.330 e. The topological polar surface area (TPSA) is 87.5 Å². The lowest BCUT2D eigenvalue weighted by atomic mass is 10.3. The number of nitrogens with zero attached hydrogens (tertiary/aromatic N) is 1. The van der Waals surface area contributed by atoms with Gasteiger partial charge < -0.3 is 16.4 Å². The van der Waals surface area contributed by atoms with Gasteiger partial charge in [-0.25, -0.2) is 0 Å². The Hall–Kier alpha value is -1.40. The molecule has 0 spiro atoms. The van der Waals surface area contributed by atoms with E-state index < -0.39 is 35.6 Å². The highest BCUT2D eigenvalue weighted by molar-refractivity contribution is 6.00. The van der Waals surface area contributed by atoms with Gasteiger partial charge in [-0.3, -0.25) is 14.5 Å². The quantitative estimate of drug-likeness (QED) is 0.342. The summed E-state index contributed by atoms with van der Waals surface area (Å²) in [6, 6.07) is 0. The lowest BCUT2D eigenvalue weighted by Crippen LogP contribution is -2.50. The lowest BCUT2D eigenvalue weighted by Gasteiger charge is -2.22. The maximum atomic E-state index is 12.3. The van der Waals surface area contributed by atoms with Crippen LogP contribution >= 0.6 is 0 Å². The van der Waals surface area contributed by atoms with Crippen LogP contribution in [0.2, 0.25) is 0 Å². The first-order chi connectivity index (χ1) is 12.0. The molecule has 4 N–H and O–H groups in total. The number of carbonyl (C=O) groups is 2. The molecule has 0 bridgehead atoms. The van der Waals surface area contributed by atoms with Crippen molar-refractivity contribution in [2.45, 2.75) is 38.0 Å². The molecule has 12 heteroatoms. The van der Waals surface area contributed by atoms with Crippen molar-refractivity contribution < 1.29 is 35.9 Å². The first-order valence-corrected chi connectivity index (χ1v) is 8.13. The number of rotatable bonds is 12. The van der Waals surface area contributed by atoms with Gasteiger partial charge in [0.2, 0.25) is 0 Å². The molecule has 0 aromatic heterocycles. The van der Waals surface area contributed by atoms with Crippen LogP contribution in [0.1, 0.15) is 25.7 Å². The van der Waals surface area contributed by atoms with E-state index in [0.717, 1.165) is 32.4 Å². The Morgan fingerprint density at radius 3 is 1.50 bits per heavy atom. The smallest absolute Gasteiger partial charge is 0.330 e. The van der Waals surface area contributed by atoms with Crippen LogP contribution in [0.3, 0.4) is 0 Å². The first kappa shape index (κ1) is 24.6. The molecule has 0 atom stereocenters. The highest BCUT2D eigenvalue weighted by Gasteiger charge is 2.51. The molecule has 2 amide bonds. The summed E-state index contributed by atoms with van der Waals surface area (Å²) in [5.41, 5.74) is 5.32. The zero-order chi connectivity index (χ0) is 20.2. The van der Waals surface area contributed by atoms with Gasteiger partial charge >= 0.3 is 24.2 Å². The molecule has 0 aromatic rings. The van der Waals surface area contributed by atoms with E-state index in [2.05, 4.69) is 10.6 Å². The zero-order valence-corrected chi connectivity index (χ0v) is 14.2. The third-order valence-corrected chi connectivity index (χ3v) is 3.23. The molecule has 0 aromatic carbocycles. The second kappa shape index (κ2) is 12.1. The monoisotopic (exact) mass is 394 g/mol. The lowest BCUT2D eigenvalue weighted by molar-refractivity contribution is -0.204. The van der Waals surface area contributed by atoms with E-state index in [1.54, 1.807) is 0 Å². The number of carbonyl (C=O) groups excluding carboxylic acids is 2. The Balaban J connectivity index is 4.12. The van der Waals surface area contributed by atoms with Crippen molar-refractivity contribution in [3.05, 3.63) is 0 Å². The van der Waals surface area contributed by atoms with Gasteiger partial charge in [-0.2, -0.15) is 26.3 Å². The molecule has 0 aliphatic rings. The van der Waals surface area contributed by atoms with E-state index in [4.69, 9.17) is 5.73 Å². The maximum absolute atomic E-state index is 12.3. The van der Waals surface area contributed by atoms with Crippen LogP contribution in [-0.4, -0.2) is 68.3 Å². The summed E-state index contributed by atoms with van der Waals surface area (Å²) in [4.78, 5) is 21.2. The third kappa shape index (κ3) is 10.6. The summed E-state index contributed by atoms with van der Waals surface area (Å²) >= 11 is 0. The van der Waals surface area contributed by atoms with Crippen molar-refractivity contribution in [1.82, 2.24) is 15.5 Å². The van der Waals surface area contributed by atoms with Gasteiger partial charge in [-0.1, -0.05) is 0 Å². The van der Waals surface area contributed by atoms with Crippen molar-refractivity contribution in [3.8, 4) is 0 Å². The third-order valence-electron chi connectivity index (χ3n) is 3.23. The Morgan fingerprint density at radius 2 is 1.12 bits per heavy atom. The maximum Gasteiger partial charge on any atom is 0.471 e. The van der Waals surface area contributed by atoms with E-state index in [1.165, 1.54) is 0 Å². The van der Waals surface area contributed by atoms with Crippen LogP contribution in [0.15, 0.2) is 0 Å². The summed E-state index contributed by atoms with van der Waals surface area (Å²) in [5, 5.41) is 5.99. The summed E-state index contributed by atoms with van der Waals surface area (Å²) < 4.78 is 74.0. The fourth-order valence-corrected chi connectivity index (χ4v) is 1.94. The van der Waals surface area contributed by atoms with Gasteiger partial charge in [-0.15, -0.1) is 0 Å². The summed E-state index contributed by atoms with van der Waals surface area (Å²) in [7, 11) is 0. The fraction of sp³-hybridized carbons (Fsp3) is 0.857. The molecule has 0 aliphatic carbocycles. The van der Waals surface area contributed by atoms with Crippen LogP contribution in [0, 0.1) is 0 Å². The van der Waals surface area contributed by atoms with Crippen molar-refractivity contribution in [2.24, 2.45) is 5.73 Å². The minimum atomic E-state index is -5.55. The molecule has 0 saturated heterocycles. The van der Waals surface area contributed by atoms with Crippen LogP contribution in [0.4, 0.5) is 26.3 Å². The van der Waals surface area contributed by atoms with E-state index in [9.17, 15) is 35.9 Å². The molecular weight excluding hydrogens is 370 g/mol. The van der Waals surface area contributed by atoms with Crippen molar-refractivity contribution in [1.29, 1.82) is 0 Å². The normalized spacial score (nSPS) is 12.3. The van der Waals surface area contributed by atoms with Crippen molar-refractivity contribution in [2.75, 3.05) is 39.3 Å². The second-order valence-electron chi connectivity index (χ2n) is 5.46. The van der Waals surface area contributed by atoms with E-state index in [0.29, 0.717) is 13.1 Å². The van der Waals surface area contributed by atoms with E-state index >= 15 is 0 Å². The molecule has 0 radical (unpaired) electrons. The average Bonchev–Trinajstić information content (AvgIpc) is 2.53. The van der Waals surface area contributed by atoms with Gasteiger partial charge in [0.05, 0.1) is 0 Å². The van der Waals surface area contributed by atoms with Gasteiger partial charge in [0.15, 0.2) is 0 Å². The highest BCUT2D eigenvalue weighted by Crippen LogP contribution is 2.24. The number of hydrogen-bond acceptors (Lipinski definition) is 5. The largest absolute Gasteiger partial charge is 0.471 e. The Kier molecular flexibility index (Phi) is 11.4. The van der Waals surface area contributed by atoms with Crippen LogP contribution in [0.5, 0.6) is 0 Å². The van der Waals surface area contributed by atoms with E-state index in [-0.39, 0.29) is 13.0 Å². The second-order valence-corrected chi connectivity index (χ2v) is 5.46. The highest BCUT2D eigenvalue weighted by atomic mass is 19.4. The van der Waals surface area contributed by atoms with Crippen LogP contribution in [-0.2, 0) is 9.59 Å². The summed E-state index contributed by atoms with van der Waals surface area (Å²) in [5.74, 6) is -5.63. The van der Waals surface area contributed by atoms with Gasteiger partial charge in [0, 0.05) is 6.54 Å². The molecule has 0 saturated carbocycles. The summed E-state index contributed by atoms with van der Waals surface area (Å²) in [6.07, 6.45) is -8.87. The standard InChI is InChI=1S/C14H24F6N4O2/c15-13(16,17)11(25)24(12(26)14(18,19)20)10-4-9-23-7-2-1-6-22-8-3-5-21/h22-23H,1-10,21H2. The SMILES string of the molecule is NCCCNCCCCNCCCN(C(=O)C(F)(F)F)C(=O)C(F)(F)F. The molecule has 6 nitrogen and oxygen atoms in total. The zero-order valence-electron chi connectivity index (χ0n) is 14.2. The number of unbranched alkanes of at least 4 members (excludes halogenated alkanes) is 1. The molecule has 0 rings (SSSR count). The minimum absolute atomic E-state index is 0.0768. The number of nitrogens with two attached hydrogens (primary N) is 1. The Labute approximate surface area is 147 Å². The average molecular weight is 394 g/mol. The Morgan fingerprint density at radius 1 is 0.731 bits per heavy atom. The fourth-order valence-electron chi connectivity index (χ4n) is 1.94. The number of amides is 2. The van der Waals surface area contributed by atoms with Crippen LogP contribution in [0.25, 0.3) is 0 Å². The summed E-state index contributed by atoms with van der Waals surface area (Å²) in [6.45, 7) is 1.80. The number of imide groups is 1. The molecule has 0 fully saturated rings. The first-order valence-electron chi connectivity index (χ1n) is 8.13. The molecule has 0 heterocycles. The molecule has 0 aliphatic heterocycles. The van der Waals surface area contributed by atoms with Gasteiger partial charge in [-0.05, 0) is 58.4 Å². The Bertz CT molecular complexity index is 403. The van der Waals surface area contributed by atoms with Gasteiger partial charge in [0.25, 0.3) is 0 Å². The predicted molar refractivity (Wildman–Crippen MR) is 82.1 cm³/mol. The van der Waals surface area contributed by atoms with Gasteiger partial charge in [0.1, 0.15) is 0 Å². The number of alkyl halides is 6. The number of hydrogen-bond donors (Lipinski definition) is 3. The van der Waals surface area contributed by atoms with Crippen molar-refractivity contribution >= 4 is 11.8 Å². The number of halogens is 6.